The van der Waals surface area contributed by atoms with Crippen LogP contribution in [-0.4, -0.2) is 24.8 Å². The van der Waals surface area contributed by atoms with Crippen LogP contribution in [0.25, 0.3) is 0 Å². The van der Waals surface area contributed by atoms with E-state index in [9.17, 15) is 4.79 Å². The van der Waals surface area contributed by atoms with Crippen molar-refractivity contribution in [1.82, 2.24) is 0 Å². The van der Waals surface area contributed by atoms with Gasteiger partial charge >= 0.3 is 0 Å². The van der Waals surface area contributed by atoms with Crippen LogP contribution in [0.2, 0.25) is 0 Å². The molecule has 3 fully saturated rings. The third kappa shape index (κ3) is 2.22. The molecule has 1 aliphatic carbocycles. The molecule has 100 valence electrons. The summed E-state index contributed by atoms with van der Waals surface area (Å²) in [6, 6.07) is 0. The smallest absolute Gasteiger partial charge is 0.182 e. The number of hydrogen-bond acceptors (Lipinski definition) is 3. The number of hydrogen-bond donors (Lipinski definition) is 0. The number of ketones is 1. The van der Waals surface area contributed by atoms with Crippen LogP contribution < -0.4 is 0 Å². The molecular weight excluding hydrogens is 275 g/mol. The zero-order valence-corrected chi connectivity index (χ0v) is 11.5. The van der Waals surface area contributed by atoms with Crippen LogP contribution in [0.5, 0.6) is 0 Å². The second-order valence-corrected chi connectivity index (χ2v) is 6.26. The maximum Gasteiger partial charge on any atom is 0.182 e. The average Bonchev–Trinajstić information content (AvgIpc) is 2.74. The molecule has 0 radical (unpaired) electrons. The van der Waals surface area contributed by atoms with Crippen LogP contribution in [0, 0.1) is 11.8 Å². The number of ether oxygens (including phenoxy) is 2. The topological polar surface area (TPSA) is 35.5 Å². The van der Waals surface area contributed by atoms with Gasteiger partial charge in [0.2, 0.25) is 0 Å². The fraction of sp³-hybridized carbons (Fsp3) is 0.769. The summed E-state index contributed by atoms with van der Waals surface area (Å²) in [5.41, 5.74) is 0.801. The van der Waals surface area contributed by atoms with Gasteiger partial charge in [0.25, 0.3) is 0 Å². The number of Topliss-reactive ketones (excluding diaryl/α,β-unsaturated/α-hetero) is 1. The van der Waals surface area contributed by atoms with Crippen LogP contribution in [0.15, 0.2) is 10.1 Å². The fourth-order valence-electron chi connectivity index (χ4n) is 3.34. The molecule has 0 aromatic heterocycles. The lowest BCUT2D eigenvalue weighted by Crippen LogP contribution is -2.39. The summed E-state index contributed by atoms with van der Waals surface area (Å²) < 4.78 is 11.6. The second kappa shape index (κ2) is 5.12. The molecular formula is C13H16Cl2O3. The summed E-state index contributed by atoms with van der Waals surface area (Å²) in [5, 5.41) is 0. The Morgan fingerprint density at radius 1 is 1.28 bits per heavy atom. The summed E-state index contributed by atoms with van der Waals surface area (Å²) in [7, 11) is 0. The second-order valence-electron chi connectivity index (χ2n) is 5.31. The lowest BCUT2D eigenvalue weighted by atomic mass is 9.73. The zero-order valence-electron chi connectivity index (χ0n) is 10.0. The molecule has 0 aromatic rings. The molecule has 3 rings (SSSR count). The highest BCUT2D eigenvalue weighted by molar-refractivity contribution is 6.56. The number of rotatable bonds is 1. The van der Waals surface area contributed by atoms with E-state index in [1.54, 1.807) is 0 Å². The van der Waals surface area contributed by atoms with E-state index in [0.29, 0.717) is 18.8 Å². The standard InChI is InChI=1S/C13H16Cl2O3/c14-12(15)9-5-8(11-6-17-13(9)18-11)7-3-1-2-4-10(7)16/h7-8,11,13H,1-6H2/t7?,8-,11-,13-/m1/s1. The predicted octanol–water partition coefficient (Wildman–Crippen LogP) is 3.20. The molecule has 2 saturated heterocycles. The SMILES string of the molecule is O=C1CCCCC1[C@H]1CC(=C(Cl)Cl)[C@@H]2OC[C@H]1O2. The van der Waals surface area contributed by atoms with E-state index in [4.69, 9.17) is 32.7 Å². The third-order valence-electron chi connectivity index (χ3n) is 4.29. The van der Waals surface area contributed by atoms with Crippen molar-refractivity contribution in [3.8, 4) is 0 Å². The normalized spacial score (nSPS) is 40.1. The summed E-state index contributed by atoms with van der Waals surface area (Å²) in [4.78, 5) is 12.1. The fourth-order valence-corrected chi connectivity index (χ4v) is 3.67. The van der Waals surface area contributed by atoms with Gasteiger partial charge < -0.3 is 9.47 Å². The van der Waals surface area contributed by atoms with E-state index < -0.39 is 6.29 Å². The van der Waals surface area contributed by atoms with Gasteiger partial charge in [-0.2, -0.15) is 0 Å². The molecule has 3 aliphatic rings. The molecule has 2 heterocycles. The van der Waals surface area contributed by atoms with Gasteiger partial charge in [-0.05, 0) is 19.3 Å². The molecule has 4 atom stereocenters. The van der Waals surface area contributed by atoms with Gasteiger partial charge in [-0.1, -0.05) is 29.6 Å². The first kappa shape index (κ1) is 12.9. The minimum absolute atomic E-state index is 0.0264. The number of halogens is 2. The van der Waals surface area contributed by atoms with Crippen LogP contribution in [-0.2, 0) is 14.3 Å². The van der Waals surface area contributed by atoms with Gasteiger partial charge in [-0.3, -0.25) is 4.79 Å². The Morgan fingerprint density at radius 3 is 2.83 bits per heavy atom. The molecule has 1 unspecified atom stereocenters. The molecule has 2 aliphatic heterocycles. The van der Waals surface area contributed by atoms with Crippen molar-refractivity contribution in [1.29, 1.82) is 0 Å². The van der Waals surface area contributed by atoms with Gasteiger partial charge in [-0.15, -0.1) is 0 Å². The Hall–Kier alpha value is -0.0900. The van der Waals surface area contributed by atoms with E-state index in [0.717, 1.165) is 31.3 Å². The minimum atomic E-state index is -0.394. The Labute approximate surface area is 116 Å². The van der Waals surface area contributed by atoms with Gasteiger partial charge in [0.1, 0.15) is 10.3 Å². The Kier molecular flexibility index (Phi) is 3.68. The van der Waals surface area contributed by atoms with Crippen molar-refractivity contribution >= 4 is 29.0 Å². The first-order chi connectivity index (χ1) is 8.66. The lowest BCUT2D eigenvalue weighted by molar-refractivity contribution is -0.131. The van der Waals surface area contributed by atoms with Crippen LogP contribution in [0.3, 0.4) is 0 Å². The molecule has 0 N–H and O–H groups in total. The number of carbonyl (C=O) groups excluding carboxylic acids is 1. The van der Waals surface area contributed by atoms with Crippen molar-refractivity contribution < 1.29 is 14.3 Å². The van der Waals surface area contributed by atoms with E-state index in [1.165, 1.54) is 0 Å². The molecule has 5 heteroatoms. The van der Waals surface area contributed by atoms with E-state index in [1.807, 2.05) is 0 Å². The number of fused-ring (bicyclic) bond motifs is 2. The monoisotopic (exact) mass is 290 g/mol. The third-order valence-corrected chi connectivity index (χ3v) is 4.77. The molecule has 0 amide bonds. The first-order valence-electron chi connectivity index (χ1n) is 6.50. The van der Waals surface area contributed by atoms with Crippen molar-refractivity contribution in [3.05, 3.63) is 10.1 Å². The van der Waals surface area contributed by atoms with Gasteiger partial charge in [0.15, 0.2) is 6.29 Å². The van der Waals surface area contributed by atoms with E-state index in [-0.39, 0.29) is 22.4 Å². The summed E-state index contributed by atoms with van der Waals surface area (Å²) >= 11 is 11.8. The minimum Gasteiger partial charge on any atom is -0.346 e. The van der Waals surface area contributed by atoms with Crippen LogP contribution >= 0.6 is 23.2 Å². The van der Waals surface area contributed by atoms with Gasteiger partial charge in [0.05, 0.1) is 12.7 Å². The molecule has 0 spiro atoms. The van der Waals surface area contributed by atoms with Gasteiger partial charge in [0, 0.05) is 23.8 Å². The molecule has 3 nitrogen and oxygen atoms in total. The molecule has 2 bridgehead atoms. The van der Waals surface area contributed by atoms with E-state index in [2.05, 4.69) is 0 Å². The highest BCUT2D eigenvalue weighted by Crippen LogP contribution is 2.44. The first-order valence-corrected chi connectivity index (χ1v) is 7.26. The van der Waals surface area contributed by atoms with Crippen molar-refractivity contribution in [3.63, 3.8) is 0 Å². The maximum absolute atomic E-state index is 12.1. The summed E-state index contributed by atoms with van der Waals surface area (Å²) in [6.07, 6.45) is 4.16. The maximum atomic E-state index is 12.1. The van der Waals surface area contributed by atoms with Crippen molar-refractivity contribution in [2.75, 3.05) is 6.61 Å². The molecule has 18 heavy (non-hydrogen) atoms. The molecule has 0 aromatic carbocycles. The van der Waals surface area contributed by atoms with Crippen molar-refractivity contribution in [2.24, 2.45) is 11.8 Å². The Morgan fingerprint density at radius 2 is 2.11 bits per heavy atom. The van der Waals surface area contributed by atoms with Crippen LogP contribution in [0.1, 0.15) is 32.1 Å². The summed E-state index contributed by atoms with van der Waals surface area (Å²) in [5.74, 6) is 0.637. The molecule has 1 saturated carbocycles. The average molecular weight is 291 g/mol. The van der Waals surface area contributed by atoms with Crippen molar-refractivity contribution in [2.45, 2.75) is 44.5 Å². The lowest BCUT2D eigenvalue weighted by Gasteiger charge is -2.36. The quantitative estimate of drug-likeness (QED) is 0.744. The Balaban J connectivity index is 1.83. The van der Waals surface area contributed by atoms with E-state index >= 15 is 0 Å². The number of carbonyl (C=O) groups is 1. The predicted molar refractivity (Wildman–Crippen MR) is 68.4 cm³/mol. The highest BCUT2D eigenvalue weighted by atomic mass is 35.5. The highest BCUT2D eigenvalue weighted by Gasteiger charge is 2.46. The zero-order chi connectivity index (χ0) is 12.7. The Bertz CT molecular complexity index is 390. The van der Waals surface area contributed by atoms with Crippen LogP contribution in [0.4, 0.5) is 0 Å². The largest absolute Gasteiger partial charge is 0.346 e. The van der Waals surface area contributed by atoms with Gasteiger partial charge in [-0.25, -0.2) is 0 Å². The summed E-state index contributed by atoms with van der Waals surface area (Å²) in [6.45, 7) is 0.545.